The van der Waals surface area contributed by atoms with Gasteiger partial charge in [-0.2, -0.15) is 0 Å². The van der Waals surface area contributed by atoms with Crippen LogP contribution in [0.1, 0.15) is 19.3 Å². The predicted molar refractivity (Wildman–Crippen MR) is 76.9 cm³/mol. The van der Waals surface area contributed by atoms with Crippen molar-refractivity contribution in [2.75, 3.05) is 12.3 Å². The van der Waals surface area contributed by atoms with Crippen LogP contribution in [0.3, 0.4) is 0 Å². The molecule has 0 saturated carbocycles. The van der Waals surface area contributed by atoms with Gasteiger partial charge in [0.2, 0.25) is 0 Å². The number of sulfone groups is 1. The number of pyridine rings is 1. The quantitative estimate of drug-likeness (QED) is 0.844. The summed E-state index contributed by atoms with van der Waals surface area (Å²) in [5.74, 6) is 0.135. The fourth-order valence-electron chi connectivity index (χ4n) is 1.98. The molecule has 2 heterocycles. The van der Waals surface area contributed by atoms with E-state index in [0.29, 0.717) is 4.60 Å². The van der Waals surface area contributed by atoms with Crippen molar-refractivity contribution < 1.29 is 8.42 Å². The van der Waals surface area contributed by atoms with Gasteiger partial charge in [-0.1, -0.05) is 12.5 Å². The van der Waals surface area contributed by atoms with Gasteiger partial charge in [0.25, 0.3) is 0 Å². The molecular weight excluding hydrogens is 340 g/mol. The van der Waals surface area contributed by atoms with E-state index in [1.165, 1.54) is 0 Å². The third-order valence-electron chi connectivity index (χ3n) is 2.84. The highest BCUT2D eigenvalue weighted by atomic mass is 79.9. The lowest BCUT2D eigenvalue weighted by Gasteiger charge is -2.22. The zero-order chi connectivity index (χ0) is 12.3. The predicted octanol–water partition coefficient (Wildman–Crippen LogP) is 2.18. The first-order valence-electron chi connectivity index (χ1n) is 5.67. The largest absolute Gasteiger partial charge is 0.313 e. The monoisotopic (exact) mass is 354 g/mol. The number of aromatic nitrogens is 1. The summed E-state index contributed by atoms with van der Waals surface area (Å²) in [5.41, 5.74) is 0. The highest BCUT2D eigenvalue weighted by Gasteiger charge is 2.23. The molecule has 1 saturated heterocycles. The van der Waals surface area contributed by atoms with Crippen molar-refractivity contribution in [2.24, 2.45) is 0 Å². The maximum Gasteiger partial charge on any atom is 0.197 e. The highest BCUT2D eigenvalue weighted by molar-refractivity contribution is 9.10. The average Bonchev–Trinajstić information content (AvgIpc) is 2.30. The molecule has 1 aliphatic heterocycles. The molecule has 1 fully saturated rings. The summed E-state index contributed by atoms with van der Waals surface area (Å²) < 4.78 is 24.8. The van der Waals surface area contributed by atoms with Crippen LogP contribution in [0.5, 0.6) is 0 Å². The molecule has 2 rings (SSSR count). The SMILES string of the molecule is Cl.O=S(=O)(CC1CCCCN1)c1cccc(Br)n1. The van der Waals surface area contributed by atoms with Crippen molar-refractivity contribution >= 4 is 38.2 Å². The van der Waals surface area contributed by atoms with E-state index in [9.17, 15) is 8.42 Å². The number of halogens is 2. The van der Waals surface area contributed by atoms with Crippen molar-refractivity contribution in [1.82, 2.24) is 10.3 Å². The zero-order valence-corrected chi connectivity index (χ0v) is 13.0. The van der Waals surface area contributed by atoms with Crippen LogP contribution in [0.2, 0.25) is 0 Å². The molecule has 1 aliphatic rings. The molecule has 0 radical (unpaired) electrons. The Morgan fingerprint density at radius 2 is 2.17 bits per heavy atom. The lowest BCUT2D eigenvalue weighted by atomic mass is 10.1. The summed E-state index contributed by atoms with van der Waals surface area (Å²) in [5, 5.41) is 3.39. The number of hydrogen-bond donors (Lipinski definition) is 1. The fourth-order valence-corrected chi connectivity index (χ4v) is 3.95. The van der Waals surface area contributed by atoms with Gasteiger partial charge in [0.15, 0.2) is 14.9 Å². The summed E-state index contributed by atoms with van der Waals surface area (Å²) in [4.78, 5) is 4.01. The molecule has 0 aliphatic carbocycles. The molecule has 0 bridgehead atoms. The van der Waals surface area contributed by atoms with Gasteiger partial charge in [-0.25, -0.2) is 13.4 Å². The summed E-state index contributed by atoms with van der Waals surface area (Å²) in [6.07, 6.45) is 3.15. The molecule has 1 atom stereocenters. The number of rotatable bonds is 3. The molecule has 1 unspecified atom stereocenters. The first-order valence-corrected chi connectivity index (χ1v) is 8.11. The Hall–Kier alpha value is -0.170. The van der Waals surface area contributed by atoms with E-state index in [-0.39, 0.29) is 29.2 Å². The molecule has 1 aromatic rings. The minimum Gasteiger partial charge on any atom is -0.313 e. The van der Waals surface area contributed by atoms with Crippen molar-refractivity contribution in [3.63, 3.8) is 0 Å². The Balaban J connectivity index is 0.00000162. The Bertz CT molecular complexity index is 490. The van der Waals surface area contributed by atoms with Gasteiger partial charge in [0.1, 0.15) is 4.60 Å². The average molecular weight is 356 g/mol. The van der Waals surface area contributed by atoms with Gasteiger partial charge in [-0.05, 0) is 47.4 Å². The Kier molecular flexibility index (Phi) is 6.04. The van der Waals surface area contributed by atoms with E-state index >= 15 is 0 Å². The van der Waals surface area contributed by atoms with Gasteiger partial charge in [0.05, 0.1) is 5.75 Å². The van der Waals surface area contributed by atoms with E-state index in [1.54, 1.807) is 18.2 Å². The third kappa shape index (κ3) is 4.19. The topological polar surface area (TPSA) is 59.1 Å². The Morgan fingerprint density at radius 1 is 1.39 bits per heavy atom. The van der Waals surface area contributed by atoms with Crippen molar-refractivity contribution in [3.05, 3.63) is 22.8 Å². The smallest absolute Gasteiger partial charge is 0.197 e. The number of nitrogens with zero attached hydrogens (tertiary/aromatic N) is 1. The zero-order valence-electron chi connectivity index (χ0n) is 9.80. The van der Waals surface area contributed by atoms with Crippen LogP contribution < -0.4 is 5.32 Å². The highest BCUT2D eigenvalue weighted by Crippen LogP contribution is 2.16. The number of hydrogen-bond acceptors (Lipinski definition) is 4. The molecule has 18 heavy (non-hydrogen) atoms. The molecule has 0 spiro atoms. The molecule has 7 heteroatoms. The first kappa shape index (κ1) is 15.9. The van der Waals surface area contributed by atoms with Crippen LogP contribution >= 0.6 is 28.3 Å². The maximum atomic E-state index is 12.1. The van der Waals surface area contributed by atoms with Crippen molar-refractivity contribution in [3.8, 4) is 0 Å². The van der Waals surface area contributed by atoms with Crippen LogP contribution in [-0.4, -0.2) is 31.7 Å². The summed E-state index contributed by atoms with van der Waals surface area (Å²) in [6, 6.07) is 5.02. The first-order chi connectivity index (χ1) is 8.08. The third-order valence-corrected chi connectivity index (χ3v) is 4.99. The minimum atomic E-state index is -3.29. The Morgan fingerprint density at radius 3 is 2.78 bits per heavy atom. The molecule has 1 aromatic heterocycles. The molecular formula is C11H16BrClN2O2S. The van der Waals surface area contributed by atoms with E-state index < -0.39 is 9.84 Å². The van der Waals surface area contributed by atoms with Gasteiger partial charge >= 0.3 is 0 Å². The molecule has 4 nitrogen and oxygen atoms in total. The maximum absolute atomic E-state index is 12.1. The van der Waals surface area contributed by atoms with Crippen LogP contribution in [0.25, 0.3) is 0 Å². The van der Waals surface area contributed by atoms with Crippen LogP contribution in [0.15, 0.2) is 27.8 Å². The second-order valence-electron chi connectivity index (χ2n) is 4.23. The van der Waals surface area contributed by atoms with Crippen molar-refractivity contribution in [2.45, 2.75) is 30.3 Å². The lowest BCUT2D eigenvalue weighted by molar-refractivity contribution is 0.423. The second kappa shape index (κ2) is 6.84. The summed E-state index contributed by atoms with van der Waals surface area (Å²) >= 11 is 3.19. The minimum absolute atomic E-state index is 0. The van der Waals surface area contributed by atoms with Crippen LogP contribution in [0.4, 0.5) is 0 Å². The Labute approximate surface area is 122 Å². The normalized spacial score (nSPS) is 20.2. The van der Waals surface area contributed by atoms with E-state index in [2.05, 4.69) is 26.2 Å². The van der Waals surface area contributed by atoms with E-state index in [1.807, 2.05) is 0 Å². The molecule has 0 aromatic carbocycles. The lowest BCUT2D eigenvalue weighted by Crippen LogP contribution is -2.39. The van der Waals surface area contributed by atoms with Crippen LogP contribution in [-0.2, 0) is 9.84 Å². The van der Waals surface area contributed by atoms with Crippen LogP contribution in [0, 0.1) is 0 Å². The summed E-state index contributed by atoms with van der Waals surface area (Å²) in [6.45, 7) is 0.909. The van der Waals surface area contributed by atoms with E-state index in [0.717, 1.165) is 25.8 Å². The van der Waals surface area contributed by atoms with Gasteiger partial charge in [-0.3, -0.25) is 0 Å². The van der Waals surface area contributed by atoms with Gasteiger partial charge in [0, 0.05) is 6.04 Å². The summed E-state index contributed by atoms with van der Waals surface area (Å²) in [7, 11) is -3.29. The molecule has 1 N–H and O–H groups in total. The fraction of sp³-hybridized carbons (Fsp3) is 0.545. The van der Waals surface area contributed by atoms with Gasteiger partial charge < -0.3 is 5.32 Å². The van der Waals surface area contributed by atoms with E-state index in [4.69, 9.17) is 0 Å². The molecule has 0 amide bonds. The van der Waals surface area contributed by atoms with Crippen molar-refractivity contribution in [1.29, 1.82) is 0 Å². The number of piperidine rings is 1. The standard InChI is InChI=1S/C11H15BrN2O2S.ClH/c12-10-5-3-6-11(14-10)17(15,16)8-9-4-1-2-7-13-9;/h3,5-6,9,13H,1-2,4,7-8H2;1H. The second-order valence-corrected chi connectivity index (χ2v) is 7.02. The van der Waals surface area contributed by atoms with Gasteiger partial charge in [-0.15, -0.1) is 12.4 Å². The molecule has 102 valence electrons. The number of nitrogens with one attached hydrogen (secondary N) is 1.